The highest BCUT2D eigenvalue weighted by Crippen LogP contribution is 2.22. The normalized spacial score (nSPS) is 9.63. The van der Waals surface area contributed by atoms with E-state index in [0.29, 0.717) is 11.5 Å². The van der Waals surface area contributed by atoms with Crippen molar-refractivity contribution in [1.82, 2.24) is 0 Å². The van der Waals surface area contributed by atoms with Crippen LogP contribution in [0.5, 0.6) is 11.5 Å². The second-order valence-electron chi connectivity index (χ2n) is 3.71. The molecule has 0 radical (unpaired) electrons. The summed E-state index contributed by atoms with van der Waals surface area (Å²) in [4.78, 5) is 21.9. The van der Waals surface area contributed by atoms with Gasteiger partial charge in [-0.1, -0.05) is 0 Å². The van der Waals surface area contributed by atoms with Crippen LogP contribution in [0, 0.1) is 6.92 Å². The van der Waals surface area contributed by atoms with Crippen LogP contribution in [-0.4, -0.2) is 39.4 Å². The van der Waals surface area contributed by atoms with E-state index in [2.05, 4.69) is 9.47 Å². The van der Waals surface area contributed by atoms with Gasteiger partial charge in [-0.3, -0.25) is 0 Å². The lowest BCUT2D eigenvalue weighted by atomic mass is 10.2. The second kappa shape index (κ2) is 7.25. The molecule has 6 heteroatoms. The Labute approximate surface area is 111 Å². The topological polar surface area (TPSA) is 71.1 Å². The Hall–Kier alpha value is -2.24. The van der Waals surface area contributed by atoms with E-state index in [1.54, 1.807) is 18.2 Å². The standard InChI is InChI=1S/C13H16O6/c1-9-4-10(18-7-12(14)16-2)6-11(5-9)19-8-13(15)17-3/h4-6H,7-8H2,1-3H3. The van der Waals surface area contributed by atoms with Gasteiger partial charge in [0.2, 0.25) is 0 Å². The molecule has 0 aliphatic rings. The molecule has 0 N–H and O–H groups in total. The summed E-state index contributed by atoms with van der Waals surface area (Å²) in [5.41, 5.74) is 0.877. The van der Waals surface area contributed by atoms with Crippen molar-refractivity contribution in [2.75, 3.05) is 27.4 Å². The Bertz CT molecular complexity index is 416. The summed E-state index contributed by atoms with van der Waals surface area (Å²) in [6.07, 6.45) is 0. The molecule has 104 valence electrons. The third kappa shape index (κ3) is 5.29. The fourth-order valence-corrected chi connectivity index (χ4v) is 1.28. The van der Waals surface area contributed by atoms with E-state index >= 15 is 0 Å². The number of esters is 2. The fraction of sp³-hybridized carbons (Fsp3) is 0.385. The summed E-state index contributed by atoms with van der Waals surface area (Å²) >= 11 is 0. The van der Waals surface area contributed by atoms with Crippen molar-refractivity contribution < 1.29 is 28.5 Å². The van der Waals surface area contributed by atoms with Crippen LogP contribution < -0.4 is 9.47 Å². The molecule has 6 nitrogen and oxygen atoms in total. The molecule has 0 atom stereocenters. The van der Waals surface area contributed by atoms with Gasteiger partial charge in [0.25, 0.3) is 0 Å². The Kier molecular flexibility index (Phi) is 5.66. The molecule has 0 fully saturated rings. The van der Waals surface area contributed by atoms with Crippen LogP contribution in [0.1, 0.15) is 5.56 Å². The first-order valence-corrected chi connectivity index (χ1v) is 5.56. The van der Waals surface area contributed by atoms with Crippen molar-refractivity contribution in [3.63, 3.8) is 0 Å². The maximum atomic E-state index is 11.0. The molecule has 1 rings (SSSR count). The Balaban J connectivity index is 2.65. The molecule has 0 aliphatic carbocycles. The molecular formula is C13H16O6. The van der Waals surface area contributed by atoms with Crippen molar-refractivity contribution in [3.8, 4) is 11.5 Å². The van der Waals surface area contributed by atoms with E-state index in [1.165, 1.54) is 14.2 Å². The molecular weight excluding hydrogens is 252 g/mol. The molecule has 0 aromatic heterocycles. The maximum Gasteiger partial charge on any atom is 0.343 e. The van der Waals surface area contributed by atoms with E-state index in [4.69, 9.17) is 9.47 Å². The van der Waals surface area contributed by atoms with Crippen LogP contribution in [0.3, 0.4) is 0 Å². The number of rotatable bonds is 6. The Morgan fingerprint density at radius 3 is 1.68 bits per heavy atom. The number of hydrogen-bond donors (Lipinski definition) is 0. The molecule has 0 aliphatic heterocycles. The number of methoxy groups -OCH3 is 2. The average Bonchev–Trinajstić information content (AvgIpc) is 2.41. The first kappa shape index (κ1) is 14.8. The third-order valence-corrected chi connectivity index (χ3v) is 2.19. The Morgan fingerprint density at radius 2 is 1.32 bits per heavy atom. The minimum Gasteiger partial charge on any atom is -0.482 e. The van der Waals surface area contributed by atoms with E-state index in [9.17, 15) is 9.59 Å². The lowest BCUT2D eigenvalue weighted by Crippen LogP contribution is -2.14. The van der Waals surface area contributed by atoms with Crippen LogP contribution in [0.15, 0.2) is 18.2 Å². The second-order valence-corrected chi connectivity index (χ2v) is 3.71. The van der Waals surface area contributed by atoms with Gasteiger partial charge >= 0.3 is 11.9 Å². The summed E-state index contributed by atoms with van der Waals surface area (Å²) in [6.45, 7) is 1.47. The van der Waals surface area contributed by atoms with Gasteiger partial charge in [-0.05, 0) is 24.6 Å². The monoisotopic (exact) mass is 268 g/mol. The first-order valence-electron chi connectivity index (χ1n) is 5.56. The highest BCUT2D eigenvalue weighted by Gasteiger charge is 2.06. The van der Waals surface area contributed by atoms with Gasteiger partial charge < -0.3 is 18.9 Å². The minimum absolute atomic E-state index is 0.184. The summed E-state index contributed by atoms with van der Waals surface area (Å²) in [7, 11) is 2.57. The summed E-state index contributed by atoms with van der Waals surface area (Å²) in [5.74, 6) is -0.0207. The molecule has 0 saturated carbocycles. The highest BCUT2D eigenvalue weighted by molar-refractivity contribution is 5.71. The molecule has 1 aromatic carbocycles. The number of carbonyl (C=O) groups excluding carboxylic acids is 2. The molecule has 0 spiro atoms. The number of benzene rings is 1. The number of ether oxygens (including phenoxy) is 4. The minimum atomic E-state index is -0.474. The lowest BCUT2D eigenvalue weighted by Gasteiger charge is -2.09. The predicted molar refractivity (Wildman–Crippen MR) is 66.2 cm³/mol. The molecule has 0 heterocycles. The van der Waals surface area contributed by atoms with Crippen LogP contribution >= 0.6 is 0 Å². The number of aryl methyl sites for hydroxylation is 1. The van der Waals surface area contributed by atoms with Gasteiger partial charge in [-0.15, -0.1) is 0 Å². The van der Waals surface area contributed by atoms with E-state index < -0.39 is 11.9 Å². The Morgan fingerprint density at radius 1 is 0.895 bits per heavy atom. The SMILES string of the molecule is COC(=O)COc1cc(C)cc(OCC(=O)OC)c1. The largest absolute Gasteiger partial charge is 0.482 e. The van der Waals surface area contributed by atoms with E-state index in [-0.39, 0.29) is 13.2 Å². The fourth-order valence-electron chi connectivity index (χ4n) is 1.28. The van der Waals surface area contributed by atoms with Crippen LogP contribution in [0.25, 0.3) is 0 Å². The molecule has 0 saturated heterocycles. The van der Waals surface area contributed by atoms with Gasteiger partial charge in [0.15, 0.2) is 13.2 Å². The van der Waals surface area contributed by atoms with Gasteiger partial charge in [0.05, 0.1) is 14.2 Å². The van der Waals surface area contributed by atoms with Crippen molar-refractivity contribution >= 4 is 11.9 Å². The van der Waals surface area contributed by atoms with E-state index in [0.717, 1.165) is 5.56 Å². The lowest BCUT2D eigenvalue weighted by molar-refractivity contribution is -0.143. The molecule has 0 bridgehead atoms. The van der Waals surface area contributed by atoms with Crippen molar-refractivity contribution in [3.05, 3.63) is 23.8 Å². The maximum absolute atomic E-state index is 11.0. The summed E-state index contributed by atoms with van der Waals surface area (Å²) < 4.78 is 19.4. The van der Waals surface area contributed by atoms with Crippen molar-refractivity contribution in [2.24, 2.45) is 0 Å². The van der Waals surface area contributed by atoms with Crippen molar-refractivity contribution in [1.29, 1.82) is 0 Å². The molecule has 19 heavy (non-hydrogen) atoms. The van der Waals surface area contributed by atoms with Crippen LogP contribution in [0.2, 0.25) is 0 Å². The summed E-state index contributed by atoms with van der Waals surface area (Å²) in [6, 6.07) is 5.07. The van der Waals surface area contributed by atoms with Gasteiger partial charge in [0.1, 0.15) is 11.5 Å². The van der Waals surface area contributed by atoms with Gasteiger partial charge in [-0.2, -0.15) is 0 Å². The van der Waals surface area contributed by atoms with Gasteiger partial charge in [-0.25, -0.2) is 9.59 Å². The highest BCUT2D eigenvalue weighted by atomic mass is 16.6. The zero-order valence-corrected chi connectivity index (χ0v) is 11.1. The average molecular weight is 268 g/mol. The van der Waals surface area contributed by atoms with E-state index in [1.807, 2.05) is 6.92 Å². The number of hydrogen-bond acceptors (Lipinski definition) is 6. The quantitative estimate of drug-likeness (QED) is 0.719. The third-order valence-electron chi connectivity index (χ3n) is 2.19. The molecule has 1 aromatic rings. The molecule has 0 amide bonds. The summed E-state index contributed by atoms with van der Waals surface area (Å²) in [5, 5.41) is 0. The van der Waals surface area contributed by atoms with Crippen LogP contribution in [-0.2, 0) is 19.1 Å². The van der Waals surface area contributed by atoms with Crippen LogP contribution in [0.4, 0.5) is 0 Å². The van der Waals surface area contributed by atoms with Gasteiger partial charge in [0, 0.05) is 6.07 Å². The molecule has 0 unspecified atom stereocenters. The number of carbonyl (C=O) groups is 2. The zero-order chi connectivity index (χ0) is 14.3. The zero-order valence-electron chi connectivity index (χ0n) is 11.1. The van der Waals surface area contributed by atoms with Crippen molar-refractivity contribution in [2.45, 2.75) is 6.92 Å². The smallest absolute Gasteiger partial charge is 0.343 e. The first-order chi connectivity index (χ1) is 9.05. The predicted octanol–water partition coefficient (Wildman–Crippen LogP) is 1.10.